The second-order valence-corrected chi connectivity index (χ2v) is 2.75. The molecule has 0 aromatic carbocycles. The van der Waals surface area contributed by atoms with E-state index in [-0.39, 0.29) is 0 Å². The molecular weight excluding hydrogens is 180 g/mol. The van der Waals surface area contributed by atoms with Gasteiger partial charge in [0.1, 0.15) is 5.69 Å². The molecule has 0 atom stereocenters. The maximum Gasteiger partial charge on any atom is 0.176 e. The lowest BCUT2D eigenvalue weighted by molar-refractivity contribution is 0.714. The van der Waals surface area contributed by atoms with Crippen LogP contribution >= 0.6 is 0 Å². The smallest absolute Gasteiger partial charge is 0.176 e. The molecule has 0 amide bonds. The van der Waals surface area contributed by atoms with E-state index in [1.165, 1.54) is 4.80 Å². The number of pyridine rings is 1. The molecule has 2 aromatic rings. The molecule has 0 aliphatic heterocycles. The molecule has 0 saturated heterocycles. The molecule has 2 aromatic heterocycles. The highest BCUT2D eigenvalue weighted by Crippen LogP contribution is 2.00. The average molecular weight is 190 g/mol. The Balaban J connectivity index is 2.25. The van der Waals surface area contributed by atoms with Gasteiger partial charge in [-0.2, -0.15) is 0 Å². The van der Waals surface area contributed by atoms with Crippen molar-refractivity contribution in [1.82, 2.24) is 25.2 Å². The summed E-state index contributed by atoms with van der Waals surface area (Å²) in [5, 5.41) is 11.9. The minimum Gasteiger partial charge on any atom is -0.330 e. The molecule has 6 nitrogen and oxygen atoms in total. The molecule has 0 aliphatic rings. The SMILES string of the molecule is NCCc1nnn(-c2cccnc2)n1. The van der Waals surface area contributed by atoms with E-state index < -0.39 is 0 Å². The van der Waals surface area contributed by atoms with Crippen molar-refractivity contribution in [3.63, 3.8) is 0 Å². The van der Waals surface area contributed by atoms with E-state index in [4.69, 9.17) is 5.73 Å². The molecule has 2 heterocycles. The van der Waals surface area contributed by atoms with Crippen molar-refractivity contribution in [2.45, 2.75) is 6.42 Å². The van der Waals surface area contributed by atoms with Gasteiger partial charge in [-0.05, 0) is 23.9 Å². The third-order valence-electron chi connectivity index (χ3n) is 1.70. The summed E-state index contributed by atoms with van der Waals surface area (Å²) < 4.78 is 0. The molecule has 0 saturated carbocycles. The van der Waals surface area contributed by atoms with Crippen LogP contribution in [0.25, 0.3) is 5.69 Å². The van der Waals surface area contributed by atoms with Crippen LogP contribution in [-0.4, -0.2) is 31.7 Å². The van der Waals surface area contributed by atoms with Gasteiger partial charge in [0.25, 0.3) is 0 Å². The van der Waals surface area contributed by atoms with Crippen molar-refractivity contribution in [3.8, 4) is 5.69 Å². The zero-order chi connectivity index (χ0) is 9.80. The van der Waals surface area contributed by atoms with Gasteiger partial charge in [0.05, 0.1) is 6.20 Å². The monoisotopic (exact) mass is 190 g/mol. The van der Waals surface area contributed by atoms with Crippen molar-refractivity contribution in [1.29, 1.82) is 0 Å². The van der Waals surface area contributed by atoms with Gasteiger partial charge in [0.15, 0.2) is 5.82 Å². The van der Waals surface area contributed by atoms with E-state index in [9.17, 15) is 0 Å². The third-order valence-corrected chi connectivity index (χ3v) is 1.70. The van der Waals surface area contributed by atoms with E-state index in [2.05, 4.69) is 20.4 Å². The summed E-state index contributed by atoms with van der Waals surface area (Å²) in [6, 6.07) is 3.68. The second-order valence-electron chi connectivity index (χ2n) is 2.75. The summed E-state index contributed by atoms with van der Waals surface area (Å²) in [4.78, 5) is 5.41. The zero-order valence-corrected chi connectivity index (χ0v) is 7.54. The first kappa shape index (κ1) is 8.76. The normalized spacial score (nSPS) is 10.4. The van der Waals surface area contributed by atoms with Crippen LogP contribution in [0.1, 0.15) is 5.82 Å². The van der Waals surface area contributed by atoms with Gasteiger partial charge in [0.2, 0.25) is 0 Å². The fourth-order valence-electron chi connectivity index (χ4n) is 1.05. The van der Waals surface area contributed by atoms with Gasteiger partial charge in [-0.25, -0.2) is 0 Å². The Hall–Kier alpha value is -1.82. The highest BCUT2D eigenvalue weighted by Gasteiger charge is 2.02. The van der Waals surface area contributed by atoms with E-state index in [1.807, 2.05) is 12.1 Å². The number of tetrazole rings is 1. The number of hydrogen-bond donors (Lipinski definition) is 1. The minimum absolute atomic E-state index is 0.527. The van der Waals surface area contributed by atoms with Gasteiger partial charge in [-0.15, -0.1) is 15.0 Å². The molecular formula is C8H10N6. The van der Waals surface area contributed by atoms with Gasteiger partial charge in [-0.1, -0.05) is 0 Å². The lowest BCUT2D eigenvalue weighted by Gasteiger charge is -1.94. The lowest BCUT2D eigenvalue weighted by Crippen LogP contribution is -2.05. The molecule has 0 spiro atoms. The number of aromatic nitrogens is 5. The topological polar surface area (TPSA) is 82.5 Å². The van der Waals surface area contributed by atoms with Crippen LogP contribution in [0.3, 0.4) is 0 Å². The zero-order valence-electron chi connectivity index (χ0n) is 7.54. The maximum absolute atomic E-state index is 5.38. The Morgan fingerprint density at radius 1 is 1.43 bits per heavy atom. The lowest BCUT2D eigenvalue weighted by atomic mass is 10.4. The van der Waals surface area contributed by atoms with Gasteiger partial charge >= 0.3 is 0 Å². The largest absolute Gasteiger partial charge is 0.330 e. The Bertz CT molecular complexity index is 395. The summed E-state index contributed by atoms with van der Waals surface area (Å²) in [5.41, 5.74) is 6.17. The Morgan fingerprint density at radius 3 is 3.07 bits per heavy atom. The molecule has 2 rings (SSSR count). The minimum atomic E-state index is 0.527. The van der Waals surface area contributed by atoms with Gasteiger partial charge in [0, 0.05) is 12.6 Å². The van der Waals surface area contributed by atoms with Crippen LogP contribution in [0.2, 0.25) is 0 Å². The second kappa shape index (κ2) is 3.93. The summed E-state index contributed by atoms with van der Waals surface area (Å²) in [6.45, 7) is 0.527. The number of nitrogens with two attached hydrogens (primary N) is 1. The Kier molecular flexibility index (Phi) is 2.46. The Labute approximate surface area is 80.8 Å². The third kappa shape index (κ3) is 1.74. The molecule has 6 heteroatoms. The number of nitrogens with zero attached hydrogens (tertiary/aromatic N) is 5. The van der Waals surface area contributed by atoms with Crippen molar-refractivity contribution >= 4 is 0 Å². The fraction of sp³-hybridized carbons (Fsp3) is 0.250. The first-order chi connectivity index (χ1) is 6.90. The molecule has 14 heavy (non-hydrogen) atoms. The van der Waals surface area contributed by atoms with Crippen molar-refractivity contribution in [2.24, 2.45) is 5.73 Å². The van der Waals surface area contributed by atoms with Crippen LogP contribution in [0.15, 0.2) is 24.5 Å². The first-order valence-electron chi connectivity index (χ1n) is 4.29. The highest BCUT2D eigenvalue weighted by molar-refractivity contribution is 5.23. The standard InChI is InChI=1S/C8H10N6/c9-4-3-8-11-13-14(12-8)7-2-1-5-10-6-7/h1-2,5-6H,3-4,9H2. The van der Waals surface area contributed by atoms with Crippen molar-refractivity contribution in [2.75, 3.05) is 6.54 Å². The number of rotatable bonds is 3. The van der Waals surface area contributed by atoms with Crippen molar-refractivity contribution < 1.29 is 0 Å². The molecule has 0 radical (unpaired) electrons. The summed E-state index contributed by atoms with van der Waals surface area (Å²) in [6.07, 6.45) is 4.01. The predicted octanol–water partition coefficient (Wildman–Crippen LogP) is -0.442. The van der Waals surface area contributed by atoms with E-state index >= 15 is 0 Å². The van der Waals surface area contributed by atoms with Crippen LogP contribution in [0.4, 0.5) is 0 Å². The molecule has 0 unspecified atom stereocenters. The molecule has 0 fully saturated rings. The average Bonchev–Trinajstić information content (AvgIpc) is 2.68. The summed E-state index contributed by atoms with van der Waals surface area (Å²) in [5.74, 6) is 0.649. The summed E-state index contributed by atoms with van der Waals surface area (Å²) in [7, 11) is 0. The predicted molar refractivity (Wildman–Crippen MR) is 49.7 cm³/mol. The quantitative estimate of drug-likeness (QED) is 0.709. The van der Waals surface area contributed by atoms with Crippen LogP contribution in [0, 0.1) is 0 Å². The summed E-state index contributed by atoms with van der Waals surface area (Å²) >= 11 is 0. The van der Waals surface area contributed by atoms with E-state index in [1.54, 1.807) is 12.4 Å². The first-order valence-corrected chi connectivity index (χ1v) is 4.29. The Morgan fingerprint density at radius 2 is 2.36 bits per heavy atom. The highest BCUT2D eigenvalue weighted by atomic mass is 15.6. The molecule has 0 bridgehead atoms. The van der Waals surface area contributed by atoms with Crippen LogP contribution in [-0.2, 0) is 6.42 Å². The fourth-order valence-corrected chi connectivity index (χ4v) is 1.05. The van der Waals surface area contributed by atoms with Crippen molar-refractivity contribution in [3.05, 3.63) is 30.4 Å². The van der Waals surface area contributed by atoms with E-state index in [0.717, 1.165) is 5.69 Å². The molecule has 2 N–H and O–H groups in total. The molecule has 0 aliphatic carbocycles. The molecule has 72 valence electrons. The van der Waals surface area contributed by atoms with E-state index in [0.29, 0.717) is 18.8 Å². The number of hydrogen-bond acceptors (Lipinski definition) is 5. The van der Waals surface area contributed by atoms with Gasteiger partial charge in [-0.3, -0.25) is 4.98 Å². The van der Waals surface area contributed by atoms with Crippen LogP contribution in [0.5, 0.6) is 0 Å². The van der Waals surface area contributed by atoms with Gasteiger partial charge < -0.3 is 5.73 Å². The maximum atomic E-state index is 5.38. The van der Waals surface area contributed by atoms with Crippen LogP contribution < -0.4 is 5.73 Å².